The van der Waals surface area contributed by atoms with Gasteiger partial charge in [-0.05, 0) is 36.4 Å². The summed E-state index contributed by atoms with van der Waals surface area (Å²) in [5.74, 6) is -0.666. The molecule has 3 rings (SSSR count). The van der Waals surface area contributed by atoms with Crippen molar-refractivity contribution in [3.63, 3.8) is 0 Å². The van der Waals surface area contributed by atoms with E-state index < -0.39 is 23.6 Å². The number of hydrogen-bond acceptors (Lipinski definition) is 5. The van der Waals surface area contributed by atoms with Gasteiger partial charge in [0.05, 0.1) is 23.4 Å². The standard InChI is InChI=1S/C26H21F3N4O3/c27-26(28,29)21-9-5-10-22(14-21)32-24(34)12-13-25(35)33-31-16-19-7-3-4-11-23(19)36-17-20-8-2-1-6-18(20)15-30/h1-11,14,16H,12-13,17H2,(H,32,34)(H,33,35). The Labute approximate surface area is 205 Å². The molecule has 0 unspecified atom stereocenters. The molecule has 0 atom stereocenters. The zero-order valence-electron chi connectivity index (χ0n) is 18.9. The quantitative estimate of drug-likeness (QED) is 0.322. The van der Waals surface area contributed by atoms with Gasteiger partial charge in [0.15, 0.2) is 0 Å². The van der Waals surface area contributed by atoms with E-state index in [1.807, 2.05) is 6.07 Å². The molecule has 0 aliphatic carbocycles. The topological polar surface area (TPSA) is 104 Å². The largest absolute Gasteiger partial charge is 0.488 e. The van der Waals surface area contributed by atoms with E-state index in [2.05, 4.69) is 21.9 Å². The fourth-order valence-electron chi connectivity index (χ4n) is 3.08. The van der Waals surface area contributed by atoms with Crippen LogP contribution >= 0.6 is 0 Å². The molecule has 3 aromatic rings. The first-order valence-electron chi connectivity index (χ1n) is 10.7. The molecule has 7 nitrogen and oxygen atoms in total. The lowest BCUT2D eigenvalue weighted by molar-refractivity contribution is -0.137. The maximum atomic E-state index is 12.8. The van der Waals surface area contributed by atoms with E-state index in [4.69, 9.17) is 4.74 Å². The fraction of sp³-hybridized carbons (Fsp3) is 0.154. The minimum Gasteiger partial charge on any atom is -0.488 e. The van der Waals surface area contributed by atoms with Gasteiger partial charge in [0.2, 0.25) is 11.8 Å². The van der Waals surface area contributed by atoms with Crippen LogP contribution in [0, 0.1) is 11.3 Å². The zero-order valence-corrected chi connectivity index (χ0v) is 18.9. The molecule has 0 aromatic heterocycles. The summed E-state index contributed by atoms with van der Waals surface area (Å²) in [7, 11) is 0. The highest BCUT2D eigenvalue weighted by Gasteiger charge is 2.30. The molecule has 36 heavy (non-hydrogen) atoms. The average Bonchev–Trinajstić information content (AvgIpc) is 2.86. The second kappa shape index (κ2) is 12.2. The lowest BCUT2D eigenvalue weighted by Gasteiger charge is -2.10. The summed E-state index contributed by atoms with van der Waals surface area (Å²) in [5.41, 5.74) is 3.22. The van der Waals surface area contributed by atoms with Crippen LogP contribution in [0.4, 0.5) is 18.9 Å². The van der Waals surface area contributed by atoms with Crippen LogP contribution in [0.3, 0.4) is 0 Å². The fourth-order valence-corrected chi connectivity index (χ4v) is 3.08. The number of hydrogen-bond donors (Lipinski definition) is 2. The van der Waals surface area contributed by atoms with Crippen molar-refractivity contribution in [2.45, 2.75) is 25.6 Å². The van der Waals surface area contributed by atoms with E-state index >= 15 is 0 Å². The number of ether oxygens (including phenoxy) is 1. The number of nitriles is 1. The first kappa shape index (κ1) is 26.0. The van der Waals surface area contributed by atoms with Gasteiger partial charge < -0.3 is 10.1 Å². The smallest absolute Gasteiger partial charge is 0.416 e. The van der Waals surface area contributed by atoms with Crippen LogP contribution in [0.15, 0.2) is 77.9 Å². The van der Waals surface area contributed by atoms with Crippen molar-refractivity contribution in [1.82, 2.24) is 5.43 Å². The minimum absolute atomic E-state index is 0.0118. The summed E-state index contributed by atoms with van der Waals surface area (Å²) in [6, 6.07) is 20.4. The van der Waals surface area contributed by atoms with Crippen LogP contribution in [0.1, 0.15) is 35.1 Å². The summed E-state index contributed by atoms with van der Waals surface area (Å²) in [6.07, 6.45) is -3.60. The molecule has 0 saturated carbocycles. The van der Waals surface area contributed by atoms with Crippen LogP contribution in [-0.2, 0) is 22.4 Å². The van der Waals surface area contributed by atoms with Crippen LogP contribution in [0.2, 0.25) is 0 Å². The van der Waals surface area contributed by atoms with Gasteiger partial charge in [-0.1, -0.05) is 36.4 Å². The highest BCUT2D eigenvalue weighted by molar-refractivity contribution is 5.93. The number of amides is 2. The van der Waals surface area contributed by atoms with Crippen LogP contribution in [0.25, 0.3) is 0 Å². The van der Waals surface area contributed by atoms with E-state index in [9.17, 15) is 28.0 Å². The lowest BCUT2D eigenvalue weighted by Crippen LogP contribution is -2.20. The van der Waals surface area contributed by atoms with Crippen molar-refractivity contribution in [3.8, 4) is 11.8 Å². The molecular formula is C26H21F3N4O3. The van der Waals surface area contributed by atoms with E-state index in [1.54, 1.807) is 42.5 Å². The minimum atomic E-state index is -4.52. The van der Waals surface area contributed by atoms with Gasteiger partial charge in [0.25, 0.3) is 0 Å². The Bertz CT molecular complexity index is 1300. The second-order valence-electron chi connectivity index (χ2n) is 7.52. The van der Waals surface area contributed by atoms with Gasteiger partial charge in [-0.3, -0.25) is 9.59 Å². The predicted molar refractivity (Wildman–Crippen MR) is 127 cm³/mol. The molecule has 10 heteroatoms. The Hall–Kier alpha value is -4.65. The molecule has 0 radical (unpaired) electrons. The summed E-state index contributed by atoms with van der Waals surface area (Å²) in [4.78, 5) is 24.0. The van der Waals surface area contributed by atoms with Crippen molar-refractivity contribution in [1.29, 1.82) is 5.26 Å². The highest BCUT2D eigenvalue weighted by Crippen LogP contribution is 2.30. The normalized spacial score (nSPS) is 11.1. The zero-order chi connectivity index (χ0) is 26.0. The predicted octanol–water partition coefficient (Wildman–Crippen LogP) is 5.03. The Morgan fingerprint density at radius 2 is 1.69 bits per heavy atom. The molecule has 3 aromatic carbocycles. The Morgan fingerprint density at radius 3 is 2.47 bits per heavy atom. The monoisotopic (exact) mass is 494 g/mol. The van der Waals surface area contributed by atoms with Crippen molar-refractivity contribution < 1.29 is 27.5 Å². The molecule has 0 saturated heterocycles. The molecule has 2 N–H and O–H groups in total. The number of nitrogens with one attached hydrogen (secondary N) is 2. The van der Waals surface area contributed by atoms with Crippen molar-refractivity contribution >= 4 is 23.7 Å². The number of para-hydroxylation sites is 1. The van der Waals surface area contributed by atoms with Gasteiger partial charge in [-0.2, -0.15) is 23.5 Å². The van der Waals surface area contributed by atoms with Gasteiger partial charge in [0, 0.05) is 29.7 Å². The third-order valence-corrected chi connectivity index (χ3v) is 4.89. The number of rotatable bonds is 9. The van der Waals surface area contributed by atoms with Crippen LogP contribution in [0.5, 0.6) is 5.75 Å². The SMILES string of the molecule is N#Cc1ccccc1COc1ccccc1C=NNC(=O)CCC(=O)Nc1cccc(C(F)(F)F)c1. The number of anilines is 1. The number of carbonyl (C=O) groups excluding carboxylic acids is 2. The summed E-state index contributed by atoms with van der Waals surface area (Å²) in [5, 5.41) is 15.4. The highest BCUT2D eigenvalue weighted by atomic mass is 19.4. The van der Waals surface area contributed by atoms with Crippen LogP contribution < -0.4 is 15.5 Å². The maximum Gasteiger partial charge on any atom is 0.416 e. The summed E-state index contributed by atoms with van der Waals surface area (Å²) in [6.45, 7) is 0.169. The van der Waals surface area contributed by atoms with E-state index in [1.165, 1.54) is 18.3 Å². The van der Waals surface area contributed by atoms with E-state index in [0.717, 1.165) is 17.7 Å². The Morgan fingerprint density at radius 1 is 0.972 bits per heavy atom. The molecule has 0 aliphatic rings. The molecule has 0 spiro atoms. The molecular weight excluding hydrogens is 473 g/mol. The van der Waals surface area contributed by atoms with Crippen molar-refractivity contribution in [3.05, 3.63) is 95.1 Å². The Kier molecular flexibility index (Phi) is 8.78. The van der Waals surface area contributed by atoms with Gasteiger partial charge in [0.1, 0.15) is 12.4 Å². The third kappa shape index (κ3) is 7.70. The van der Waals surface area contributed by atoms with Crippen LogP contribution in [-0.4, -0.2) is 18.0 Å². The van der Waals surface area contributed by atoms with Crippen molar-refractivity contribution in [2.75, 3.05) is 5.32 Å². The lowest BCUT2D eigenvalue weighted by atomic mass is 10.1. The molecule has 0 fully saturated rings. The van der Waals surface area contributed by atoms with E-state index in [0.29, 0.717) is 16.9 Å². The summed E-state index contributed by atoms with van der Waals surface area (Å²) >= 11 is 0. The first-order valence-corrected chi connectivity index (χ1v) is 10.7. The summed E-state index contributed by atoms with van der Waals surface area (Å²) < 4.78 is 44.1. The molecule has 184 valence electrons. The van der Waals surface area contributed by atoms with E-state index in [-0.39, 0.29) is 25.1 Å². The van der Waals surface area contributed by atoms with Gasteiger partial charge in [-0.25, -0.2) is 5.43 Å². The van der Waals surface area contributed by atoms with Gasteiger partial charge >= 0.3 is 6.18 Å². The first-order chi connectivity index (χ1) is 17.3. The molecule has 0 heterocycles. The van der Waals surface area contributed by atoms with Gasteiger partial charge in [-0.15, -0.1) is 0 Å². The molecule has 0 aliphatic heterocycles. The number of alkyl halides is 3. The molecule has 0 bridgehead atoms. The number of carbonyl (C=O) groups is 2. The number of nitrogens with zero attached hydrogens (tertiary/aromatic N) is 2. The molecule has 2 amide bonds. The number of hydrazone groups is 1. The third-order valence-electron chi connectivity index (χ3n) is 4.89. The second-order valence-corrected chi connectivity index (χ2v) is 7.52. The van der Waals surface area contributed by atoms with Crippen molar-refractivity contribution in [2.24, 2.45) is 5.10 Å². The maximum absolute atomic E-state index is 12.8. The number of benzene rings is 3. The average molecular weight is 494 g/mol. The Balaban J connectivity index is 1.49. The number of halogens is 3.